The predicted molar refractivity (Wildman–Crippen MR) is 99.7 cm³/mol. The van der Waals surface area contributed by atoms with Crippen molar-refractivity contribution in [1.29, 1.82) is 5.26 Å². The third-order valence-electron chi connectivity index (χ3n) is 5.52. The van der Waals surface area contributed by atoms with Gasteiger partial charge in [-0.2, -0.15) is 5.26 Å². The van der Waals surface area contributed by atoms with Crippen molar-refractivity contribution in [2.24, 2.45) is 16.6 Å². The van der Waals surface area contributed by atoms with Crippen LogP contribution in [0.3, 0.4) is 0 Å². The van der Waals surface area contributed by atoms with Crippen molar-refractivity contribution < 1.29 is 9.18 Å². The van der Waals surface area contributed by atoms with Crippen LogP contribution in [0.2, 0.25) is 0 Å². The van der Waals surface area contributed by atoms with Crippen LogP contribution in [-0.4, -0.2) is 28.8 Å². The van der Waals surface area contributed by atoms with Gasteiger partial charge in [-0.05, 0) is 42.3 Å². The van der Waals surface area contributed by atoms with Gasteiger partial charge in [0.2, 0.25) is 5.91 Å². The van der Waals surface area contributed by atoms with E-state index in [1.807, 2.05) is 6.07 Å². The molecule has 3 N–H and O–H groups in total. The summed E-state index contributed by atoms with van der Waals surface area (Å²) in [4.78, 5) is 23.8. The number of nitriles is 1. The number of carbonyl (C=O) groups excluding carboxylic acids is 1. The number of aromatic nitrogens is 1. The highest BCUT2D eigenvalue weighted by Gasteiger charge is 2.57. The van der Waals surface area contributed by atoms with Crippen molar-refractivity contribution in [3.8, 4) is 6.07 Å². The Morgan fingerprint density at radius 3 is 3.00 bits per heavy atom. The Kier molecular flexibility index (Phi) is 3.07. The number of rotatable bonds is 1. The molecule has 6 nitrogen and oxygen atoms in total. The number of H-pyrrole nitrogens is 1. The molecule has 134 valence electrons. The van der Waals surface area contributed by atoms with Gasteiger partial charge in [0.1, 0.15) is 16.8 Å². The molecule has 1 aliphatic heterocycles. The number of amides is 1. The molecule has 0 radical (unpaired) electrons. The zero-order valence-corrected chi connectivity index (χ0v) is 15.1. The van der Waals surface area contributed by atoms with Gasteiger partial charge in [0.15, 0.2) is 11.5 Å². The van der Waals surface area contributed by atoms with Gasteiger partial charge in [0.25, 0.3) is 0 Å². The Balaban J connectivity index is 1.86. The molecule has 5 rings (SSSR count). The normalized spacial score (nSPS) is 23.9. The van der Waals surface area contributed by atoms with E-state index in [1.165, 1.54) is 28.4 Å². The summed E-state index contributed by atoms with van der Waals surface area (Å²) in [5.41, 5.74) is 7.43. The maximum absolute atomic E-state index is 13.7. The topological polar surface area (TPSA) is 98.3 Å². The number of guanidine groups is 1. The fourth-order valence-corrected chi connectivity index (χ4v) is 5.25. The Bertz CT molecular complexity index is 1200. The van der Waals surface area contributed by atoms with Crippen molar-refractivity contribution in [1.82, 2.24) is 9.88 Å². The summed E-state index contributed by atoms with van der Waals surface area (Å²) in [5.74, 6) is -0.788. The molecular formula is C19H14FN5OS. The lowest BCUT2D eigenvalue weighted by atomic mass is 9.82. The monoisotopic (exact) mass is 379 g/mol. The van der Waals surface area contributed by atoms with Crippen molar-refractivity contribution in [3.63, 3.8) is 0 Å². The van der Waals surface area contributed by atoms with Gasteiger partial charge >= 0.3 is 0 Å². The number of aromatic amines is 1. The molecule has 8 heteroatoms. The van der Waals surface area contributed by atoms with Gasteiger partial charge in [-0.25, -0.2) is 9.38 Å². The second-order valence-electron chi connectivity index (χ2n) is 6.83. The highest BCUT2D eigenvalue weighted by Crippen LogP contribution is 2.54. The zero-order valence-electron chi connectivity index (χ0n) is 14.3. The number of hydrogen-bond donors (Lipinski definition) is 2. The summed E-state index contributed by atoms with van der Waals surface area (Å²) in [7, 11) is 1.61. The van der Waals surface area contributed by atoms with Gasteiger partial charge in [0.05, 0.1) is 11.6 Å². The fraction of sp³-hybridized carbons (Fsp3) is 0.211. The Morgan fingerprint density at radius 1 is 1.44 bits per heavy atom. The Labute approximate surface area is 157 Å². The van der Waals surface area contributed by atoms with Crippen molar-refractivity contribution in [2.75, 3.05) is 7.05 Å². The second-order valence-corrected chi connectivity index (χ2v) is 7.92. The van der Waals surface area contributed by atoms with E-state index >= 15 is 0 Å². The van der Waals surface area contributed by atoms with Crippen LogP contribution in [0.1, 0.15) is 21.0 Å². The summed E-state index contributed by atoms with van der Waals surface area (Å²) in [6.45, 7) is 0. The van der Waals surface area contributed by atoms with Crippen LogP contribution in [0, 0.1) is 23.1 Å². The second kappa shape index (κ2) is 5.18. The SMILES string of the molecule is CN1C(=O)C2Cc3c([nH]c4cc(F)ccc34)C2(c2ccc(C#N)s2)N=C1N. The maximum atomic E-state index is 13.7. The molecule has 3 heterocycles. The lowest BCUT2D eigenvalue weighted by Gasteiger charge is -2.38. The predicted octanol–water partition coefficient (Wildman–Crippen LogP) is 2.44. The minimum absolute atomic E-state index is 0.116. The number of aliphatic imine (C=N–C) groups is 1. The van der Waals surface area contributed by atoms with Crippen molar-refractivity contribution in [3.05, 3.63) is 57.2 Å². The van der Waals surface area contributed by atoms with Crippen LogP contribution in [0.5, 0.6) is 0 Å². The lowest BCUT2D eigenvalue weighted by Crippen LogP contribution is -2.53. The van der Waals surface area contributed by atoms with Gasteiger partial charge in [-0.3, -0.25) is 9.69 Å². The molecule has 1 aliphatic carbocycles. The summed E-state index contributed by atoms with van der Waals surface area (Å²) in [5, 5.41) is 10.1. The minimum Gasteiger partial charge on any atom is -0.369 e. The van der Waals surface area contributed by atoms with Gasteiger partial charge < -0.3 is 10.7 Å². The van der Waals surface area contributed by atoms with Crippen LogP contribution in [0.4, 0.5) is 4.39 Å². The number of nitrogens with zero attached hydrogens (tertiary/aromatic N) is 3. The maximum Gasteiger partial charge on any atom is 0.235 e. The van der Waals surface area contributed by atoms with E-state index in [2.05, 4.69) is 11.1 Å². The lowest BCUT2D eigenvalue weighted by molar-refractivity contribution is -0.133. The van der Waals surface area contributed by atoms with E-state index in [4.69, 9.17) is 10.7 Å². The number of fused-ring (bicyclic) bond motifs is 5. The van der Waals surface area contributed by atoms with Gasteiger partial charge in [-0.15, -0.1) is 11.3 Å². The molecule has 2 aromatic heterocycles. The average molecular weight is 379 g/mol. The molecule has 0 saturated heterocycles. The van der Waals surface area contributed by atoms with E-state index in [-0.39, 0.29) is 17.7 Å². The number of hydrogen-bond acceptors (Lipinski definition) is 5. The van der Waals surface area contributed by atoms with Crippen LogP contribution >= 0.6 is 11.3 Å². The summed E-state index contributed by atoms with van der Waals surface area (Å²) >= 11 is 1.30. The van der Waals surface area contributed by atoms with E-state index in [0.29, 0.717) is 16.8 Å². The van der Waals surface area contributed by atoms with Crippen molar-refractivity contribution >= 4 is 34.1 Å². The third-order valence-corrected chi connectivity index (χ3v) is 6.63. The van der Waals surface area contributed by atoms with Crippen molar-refractivity contribution in [2.45, 2.75) is 12.0 Å². The molecule has 1 aromatic carbocycles. The van der Waals surface area contributed by atoms with E-state index in [0.717, 1.165) is 21.5 Å². The first kappa shape index (κ1) is 16.0. The van der Waals surface area contributed by atoms with Gasteiger partial charge in [0, 0.05) is 22.8 Å². The van der Waals surface area contributed by atoms with Crippen LogP contribution in [0.15, 0.2) is 35.3 Å². The average Bonchev–Trinajstić information content (AvgIpc) is 3.33. The van der Waals surface area contributed by atoms with Crippen LogP contribution in [-0.2, 0) is 16.8 Å². The number of thiophene rings is 1. The molecule has 0 saturated carbocycles. The smallest absolute Gasteiger partial charge is 0.235 e. The highest BCUT2D eigenvalue weighted by atomic mass is 32.1. The summed E-state index contributed by atoms with van der Waals surface area (Å²) in [6.07, 6.45) is 0.473. The first-order chi connectivity index (χ1) is 13.0. The quantitative estimate of drug-likeness (QED) is 0.679. The molecule has 1 amide bonds. The molecule has 2 atom stereocenters. The number of benzene rings is 1. The Morgan fingerprint density at radius 2 is 2.26 bits per heavy atom. The molecular weight excluding hydrogens is 365 g/mol. The van der Waals surface area contributed by atoms with Crippen LogP contribution in [0.25, 0.3) is 10.9 Å². The largest absolute Gasteiger partial charge is 0.369 e. The first-order valence-electron chi connectivity index (χ1n) is 8.39. The molecule has 0 fully saturated rings. The zero-order chi connectivity index (χ0) is 18.9. The highest BCUT2D eigenvalue weighted by molar-refractivity contribution is 7.12. The van der Waals surface area contributed by atoms with E-state index in [9.17, 15) is 14.4 Å². The number of halogens is 1. The number of carbonyl (C=O) groups is 1. The fourth-order valence-electron chi connectivity index (χ4n) is 4.25. The number of nitrogens with two attached hydrogens (primary N) is 1. The Hall–Kier alpha value is -3.18. The minimum atomic E-state index is -1.02. The van der Waals surface area contributed by atoms with Gasteiger partial charge in [-0.1, -0.05) is 0 Å². The standard InChI is InChI=1S/C19H14FN5OS/c1-25-17(26)13-7-12-11-4-2-9(20)6-14(11)23-16(12)19(13,24-18(25)22)15-5-3-10(8-21)27-15/h2-6,13,23H,7H2,1H3,(H2,22,24). The molecule has 0 spiro atoms. The molecule has 2 unspecified atom stereocenters. The molecule has 27 heavy (non-hydrogen) atoms. The molecule has 2 aliphatic rings. The van der Waals surface area contributed by atoms with Crippen LogP contribution < -0.4 is 5.73 Å². The molecule has 0 bridgehead atoms. The number of nitrogens with one attached hydrogen (secondary N) is 1. The summed E-state index contributed by atoms with van der Waals surface area (Å²) < 4.78 is 13.7. The first-order valence-corrected chi connectivity index (χ1v) is 9.21. The summed E-state index contributed by atoms with van der Waals surface area (Å²) in [6, 6.07) is 10.3. The van der Waals surface area contributed by atoms with E-state index in [1.54, 1.807) is 19.2 Å². The molecule has 3 aromatic rings. The van der Waals surface area contributed by atoms with E-state index < -0.39 is 11.5 Å². The third kappa shape index (κ3) is 1.92.